The number of carbonyl (C=O) groups is 4. The maximum Gasteiger partial charge on any atom is 0.331 e. The van der Waals surface area contributed by atoms with Gasteiger partial charge < -0.3 is 19.7 Å². The van der Waals surface area contributed by atoms with Crippen molar-refractivity contribution in [2.45, 2.75) is 25.7 Å². The molecule has 110 valence electrons. The smallest absolute Gasteiger partial charge is 0.331 e. The summed E-state index contributed by atoms with van der Waals surface area (Å²) >= 11 is 0. The molecule has 0 fully saturated rings. The minimum Gasteiger partial charge on any atom is -0.478 e. The number of esters is 2. The molecule has 0 spiro atoms. The van der Waals surface area contributed by atoms with Crippen LogP contribution in [0.2, 0.25) is 0 Å². The average Bonchev–Trinajstić information content (AvgIpc) is 2.33. The van der Waals surface area contributed by atoms with Gasteiger partial charge in [-0.15, -0.1) is 0 Å². The molecule has 0 saturated heterocycles. The van der Waals surface area contributed by atoms with Crippen LogP contribution in [0.1, 0.15) is 25.7 Å². The number of hydrogen-bond acceptors (Lipinski definition) is 6. The summed E-state index contributed by atoms with van der Waals surface area (Å²) in [5.74, 6) is -3.67. The third-order valence-corrected chi connectivity index (χ3v) is 1.83. The van der Waals surface area contributed by atoms with Crippen LogP contribution in [0.3, 0.4) is 0 Å². The summed E-state index contributed by atoms with van der Waals surface area (Å²) in [4.78, 5) is 42.3. The van der Waals surface area contributed by atoms with Crippen LogP contribution in [0.5, 0.6) is 0 Å². The van der Waals surface area contributed by atoms with Crippen molar-refractivity contribution in [2.24, 2.45) is 0 Å². The molecule has 0 bridgehead atoms. The van der Waals surface area contributed by atoms with Crippen LogP contribution in [0.4, 0.5) is 0 Å². The molecule has 0 aromatic rings. The van der Waals surface area contributed by atoms with Gasteiger partial charge in [-0.3, -0.25) is 9.59 Å². The fourth-order valence-electron chi connectivity index (χ4n) is 0.993. The highest BCUT2D eigenvalue weighted by Crippen LogP contribution is 2.03. The van der Waals surface area contributed by atoms with E-state index in [-0.39, 0.29) is 12.8 Å². The largest absolute Gasteiger partial charge is 0.478 e. The van der Waals surface area contributed by atoms with E-state index in [2.05, 4.69) is 9.47 Å². The zero-order valence-electron chi connectivity index (χ0n) is 10.5. The van der Waals surface area contributed by atoms with E-state index < -0.39 is 23.9 Å². The summed E-state index contributed by atoms with van der Waals surface area (Å²) in [6, 6.07) is 0. The van der Waals surface area contributed by atoms with Gasteiger partial charge in [-0.05, 0) is 12.8 Å². The Morgan fingerprint density at radius 3 is 1.40 bits per heavy atom. The van der Waals surface area contributed by atoms with Crippen LogP contribution in [0.25, 0.3) is 0 Å². The zero-order valence-corrected chi connectivity index (χ0v) is 10.5. The van der Waals surface area contributed by atoms with Gasteiger partial charge in [0.15, 0.2) is 0 Å². The highest BCUT2D eigenvalue weighted by atomic mass is 16.5. The number of aliphatic carboxylic acids is 2. The summed E-state index contributed by atoms with van der Waals surface area (Å²) in [6.45, 7) is 0. The first kappa shape index (κ1) is 17.4. The summed E-state index contributed by atoms with van der Waals surface area (Å²) in [6.07, 6.45) is 3.69. The Kier molecular flexibility index (Phi) is 8.94. The molecule has 2 N–H and O–H groups in total. The molecule has 0 aromatic heterocycles. The van der Waals surface area contributed by atoms with Crippen molar-refractivity contribution in [1.82, 2.24) is 0 Å². The normalized spacial score (nSPS) is 10.6. The molecule has 8 nitrogen and oxygen atoms in total. The SMILES string of the molecule is O=C(O)C=COC(=O)CCCCC(=O)OC=CC(=O)O. The third kappa shape index (κ3) is 11.8. The third-order valence-electron chi connectivity index (χ3n) is 1.83. The Morgan fingerprint density at radius 2 is 1.10 bits per heavy atom. The second-order valence-corrected chi connectivity index (χ2v) is 3.47. The summed E-state index contributed by atoms with van der Waals surface area (Å²) in [5, 5.41) is 16.5. The lowest BCUT2D eigenvalue weighted by atomic mass is 10.2. The van der Waals surface area contributed by atoms with E-state index in [1.807, 2.05) is 0 Å². The van der Waals surface area contributed by atoms with Crippen LogP contribution < -0.4 is 0 Å². The van der Waals surface area contributed by atoms with Gasteiger partial charge in [0, 0.05) is 12.8 Å². The summed E-state index contributed by atoms with van der Waals surface area (Å²) in [7, 11) is 0. The number of unbranched alkanes of at least 4 members (excludes halogenated alkanes) is 1. The number of ether oxygens (including phenoxy) is 2. The lowest BCUT2D eigenvalue weighted by molar-refractivity contribution is -0.140. The second kappa shape index (κ2) is 10.3. The molecule has 0 heterocycles. The van der Waals surface area contributed by atoms with Crippen LogP contribution >= 0.6 is 0 Å². The van der Waals surface area contributed by atoms with Crippen LogP contribution in [0.15, 0.2) is 24.7 Å². The van der Waals surface area contributed by atoms with Gasteiger partial charge in [-0.2, -0.15) is 0 Å². The highest BCUT2D eigenvalue weighted by Gasteiger charge is 2.04. The monoisotopic (exact) mass is 286 g/mol. The first-order chi connectivity index (χ1) is 9.41. The predicted octanol–water partition coefficient (Wildman–Crippen LogP) is 0.830. The highest BCUT2D eigenvalue weighted by molar-refractivity contribution is 5.80. The molecule has 0 unspecified atom stereocenters. The molecular weight excluding hydrogens is 272 g/mol. The molecule has 0 aromatic carbocycles. The summed E-state index contributed by atoms with van der Waals surface area (Å²) < 4.78 is 8.92. The standard InChI is InChI=1S/C12H14O8/c13-9(14)5-7-19-11(17)3-1-2-4-12(18)20-8-6-10(15)16/h5-8H,1-4H2,(H,13,14)(H,15,16). The average molecular weight is 286 g/mol. The fourth-order valence-corrected chi connectivity index (χ4v) is 0.993. The number of carbonyl (C=O) groups excluding carboxylic acids is 2. The second-order valence-electron chi connectivity index (χ2n) is 3.47. The Bertz CT molecular complexity index is 381. The van der Waals surface area contributed by atoms with Crippen molar-refractivity contribution in [1.29, 1.82) is 0 Å². The van der Waals surface area contributed by atoms with E-state index in [1.54, 1.807) is 0 Å². The van der Waals surface area contributed by atoms with Crippen molar-refractivity contribution in [3.63, 3.8) is 0 Å². The van der Waals surface area contributed by atoms with Crippen molar-refractivity contribution < 1.29 is 38.9 Å². The minimum atomic E-state index is -1.23. The van der Waals surface area contributed by atoms with Crippen molar-refractivity contribution >= 4 is 23.9 Å². The van der Waals surface area contributed by atoms with E-state index in [4.69, 9.17) is 10.2 Å². The molecule has 0 rings (SSSR count). The molecule has 0 radical (unpaired) electrons. The van der Waals surface area contributed by atoms with Gasteiger partial charge in [0.1, 0.15) is 12.5 Å². The van der Waals surface area contributed by atoms with E-state index in [1.165, 1.54) is 0 Å². The molecule has 0 amide bonds. The molecule has 0 aliphatic heterocycles. The number of rotatable bonds is 9. The van der Waals surface area contributed by atoms with Gasteiger partial charge in [0.2, 0.25) is 0 Å². The zero-order chi connectivity index (χ0) is 15.4. The minimum absolute atomic E-state index is 0.0300. The topological polar surface area (TPSA) is 127 Å². The van der Waals surface area contributed by atoms with Crippen LogP contribution in [0, 0.1) is 0 Å². The molecule has 0 atom stereocenters. The molecule has 0 aliphatic rings. The number of hydrogen-bond donors (Lipinski definition) is 2. The van der Waals surface area contributed by atoms with Gasteiger partial charge in [0.05, 0.1) is 12.2 Å². The van der Waals surface area contributed by atoms with Crippen molar-refractivity contribution in [3.05, 3.63) is 24.7 Å². The van der Waals surface area contributed by atoms with Crippen molar-refractivity contribution in [2.75, 3.05) is 0 Å². The maximum absolute atomic E-state index is 11.1. The van der Waals surface area contributed by atoms with Crippen LogP contribution in [-0.2, 0) is 28.7 Å². The van der Waals surface area contributed by atoms with Gasteiger partial charge in [0.25, 0.3) is 0 Å². The maximum atomic E-state index is 11.1. The molecular formula is C12H14O8. The Hall–Kier alpha value is -2.64. The molecule has 0 aliphatic carbocycles. The number of carboxylic acid groups (broad SMARTS) is 2. The van der Waals surface area contributed by atoms with E-state index in [0.717, 1.165) is 12.5 Å². The van der Waals surface area contributed by atoms with Crippen molar-refractivity contribution in [3.8, 4) is 0 Å². The molecule has 8 heteroatoms. The Balaban J connectivity index is 3.65. The Labute approximate surface area is 114 Å². The van der Waals surface area contributed by atoms with E-state index in [9.17, 15) is 19.2 Å². The first-order valence-corrected chi connectivity index (χ1v) is 5.59. The van der Waals surface area contributed by atoms with Crippen LogP contribution in [-0.4, -0.2) is 34.1 Å². The van der Waals surface area contributed by atoms with Gasteiger partial charge >= 0.3 is 23.9 Å². The fraction of sp³-hybridized carbons (Fsp3) is 0.333. The summed E-state index contributed by atoms with van der Waals surface area (Å²) in [5.41, 5.74) is 0. The number of carboxylic acids is 2. The lowest BCUT2D eigenvalue weighted by Crippen LogP contribution is -2.03. The lowest BCUT2D eigenvalue weighted by Gasteiger charge is -2.00. The van der Waals surface area contributed by atoms with Gasteiger partial charge in [-0.1, -0.05) is 0 Å². The van der Waals surface area contributed by atoms with Gasteiger partial charge in [-0.25, -0.2) is 9.59 Å². The molecule has 20 heavy (non-hydrogen) atoms. The first-order valence-electron chi connectivity index (χ1n) is 5.59. The quantitative estimate of drug-likeness (QED) is 0.276. The Morgan fingerprint density at radius 1 is 0.750 bits per heavy atom. The predicted molar refractivity (Wildman–Crippen MR) is 64.2 cm³/mol. The molecule has 0 saturated carbocycles. The van der Waals surface area contributed by atoms with E-state index >= 15 is 0 Å². The van der Waals surface area contributed by atoms with E-state index in [0.29, 0.717) is 25.0 Å².